The lowest BCUT2D eigenvalue weighted by atomic mass is 10.0. The predicted octanol–water partition coefficient (Wildman–Crippen LogP) is 13.7. The van der Waals surface area contributed by atoms with Crippen molar-refractivity contribution >= 4 is 82.7 Å². The van der Waals surface area contributed by atoms with Crippen LogP contribution in [0.3, 0.4) is 0 Å². The van der Waals surface area contributed by atoms with E-state index in [1.807, 2.05) is 24.3 Å². The fraction of sp³-hybridized carbons (Fsp3) is 0. The zero-order valence-electron chi connectivity index (χ0n) is 28.0. The molecule has 52 heavy (non-hydrogen) atoms. The van der Waals surface area contributed by atoms with E-state index < -0.39 is 0 Å². The van der Waals surface area contributed by atoms with Gasteiger partial charge in [-0.25, -0.2) is 0 Å². The van der Waals surface area contributed by atoms with Gasteiger partial charge in [-0.3, -0.25) is 0 Å². The van der Waals surface area contributed by atoms with Gasteiger partial charge in [0, 0.05) is 49.4 Å². The van der Waals surface area contributed by atoms with Crippen LogP contribution >= 0.6 is 0 Å². The fourth-order valence-electron chi connectivity index (χ4n) is 8.07. The van der Waals surface area contributed by atoms with Gasteiger partial charge in [0.2, 0.25) is 0 Å². The molecule has 4 heteroatoms. The third-order valence-electron chi connectivity index (χ3n) is 10.4. The van der Waals surface area contributed by atoms with Crippen molar-refractivity contribution in [2.75, 3.05) is 4.90 Å². The van der Waals surface area contributed by atoms with Crippen LogP contribution < -0.4 is 4.90 Å². The molecule has 0 radical (unpaired) electrons. The van der Waals surface area contributed by atoms with Crippen LogP contribution in [-0.2, 0) is 0 Å². The maximum atomic E-state index is 6.59. The van der Waals surface area contributed by atoms with Gasteiger partial charge in [0.1, 0.15) is 16.7 Å². The number of fused-ring (bicyclic) bond motifs is 10. The molecule has 8 aromatic carbocycles. The highest BCUT2D eigenvalue weighted by Gasteiger charge is 2.21. The van der Waals surface area contributed by atoms with Crippen LogP contribution in [0.15, 0.2) is 191 Å². The van der Waals surface area contributed by atoms with Crippen molar-refractivity contribution in [3.05, 3.63) is 182 Å². The van der Waals surface area contributed by atoms with Gasteiger partial charge in [-0.2, -0.15) is 0 Å². The fourth-order valence-corrected chi connectivity index (χ4v) is 8.07. The Bertz CT molecular complexity index is 3110. The molecule has 0 atom stereocenters. The molecule has 0 bridgehead atoms. The lowest BCUT2D eigenvalue weighted by molar-refractivity contribution is 0.669. The lowest BCUT2D eigenvalue weighted by Crippen LogP contribution is -2.10. The van der Waals surface area contributed by atoms with Gasteiger partial charge in [-0.1, -0.05) is 109 Å². The summed E-state index contributed by atoms with van der Waals surface area (Å²) in [6, 6.07) is 64.2. The van der Waals surface area contributed by atoms with E-state index in [2.05, 4.69) is 167 Å². The molecular weight excluding hydrogens is 637 g/mol. The molecule has 4 nitrogen and oxygen atoms in total. The second-order valence-corrected chi connectivity index (χ2v) is 13.3. The highest BCUT2D eigenvalue weighted by molar-refractivity contribution is 6.27. The molecule has 0 aliphatic heterocycles. The van der Waals surface area contributed by atoms with E-state index in [-0.39, 0.29) is 0 Å². The van der Waals surface area contributed by atoms with E-state index in [9.17, 15) is 0 Å². The quantitative estimate of drug-likeness (QED) is 0.183. The van der Waals surface area contributed by atoms with Crippen molar-refractivity contribution in [2.45, 2.75) is 0 Å². The highest BCUT2D eigenvalue weighted by Crippen LogP contribution is 2.44. The first-order valence-electron chi connectivity index (χ1n) is 17.6. The Morgan fingerprint density at radius 1 is 0.365 bits per heavy atom. The maximum absolute atomic E-state index is 6.59. The van der Waals surface area contributed by atoms with Crippen molar-refractivity contribution in [3.63, 3.8) is 0 Å². The molecule has 0 aliphatic carbocycles. The molecule has 0 aliphatic rings. The molecule has 0 spiro atoms. The molecular formula is C48H30N2O2. The second-order valence-electron chi connectivity index (χ2n) is 13.3. The Labute approximate surface area is 299 Å². The molecule has 0 saturated carbocycles. The third kappa shape index (κ3) is 4.28. The zero-order valence-corrected chi connectivity index (χ0v) is 28.0. The summed E-state index contributed by atoms with van der Waals surface area (Å²) in [5.41, 5.74) is 12.4. The number of nitrogens with zero attached hydrogens (tertiary/aromatic N) is 2. The predicted molar refractivity (Wildman–Crippen MR) is 215 cm³/mol. The van der Waals surface area contributed by atoms with Crippen molar-refractivity contribution in [2.24, 2.45) is 0 Å². The van der Waals surface area contributed by atoms with Crippen LogP contribution in [0.2, 0.25) is 0 Å². The minimum atomic E-state index is 0.860. The Morgan fingerprint density at radius 3 is 1.77 bits per heavy atom. The van der Waals surface area contributed by atoms with Crippen molar-refractivity contribution < 1.29 is 8.83 Å². The number of furan rings is 2. The molecule has 3 aromatic heterocycles. The molecule has 0 N–H and O–H groups in total. The standard InChI is InChI=1S/C48H30N2O2/c1-2-11-31(12-3-1)32-21-23-33(24-22-32)49(42-18-10-16-37-36-13-5-8-19-43(36)52-48(37)42)34-25-27-35(28-26-34)50-40-17-7-4-14-38(40)46-41(50)29-30-45-47(46)39-15-6-9-20-44(39)51-45/h1-30H. The molecule has 0 fully saturated rings. The topological polar surface area (TPSA) is 34.5 Å². The van der Waals surface area contributed by atoms with Gasteiger partial charge < -0.3 is 18.3 Å². The van der Waals surface area contributed by atoms with E-state index in [1.54, 1.807) is 0 Å². The van der Waals surface area contributed by atoms with Gasteiger partial charge in [0.15, 0.2) is 5.58 Å². The summed E-state index contributed by atoms with van der Waals surface area (Å²) in [4.78, 5) is 2.30. The Morgan fingerprint density at radius 2 is 0.981 bits per heavy atom. The van der Waals surface area contributed by atoms with Crippen LogP contribution in [0.5, 0.6) is 0 Å². The third-order valence-corrected chi connectivity index (χ3v) is 10.4. The van der Waals surface area contributed by atoms with Crippen LogP contribution in [0, 0.1) is 0 Å². The zero-order chi connectivity index (χ0) is 34.2. The molecule has 244 valence electrons. The minimum absolute atomic E-state index is 0.860. The number of hydrogen-bond acceptors (Lipinski definition) is 3. The first kappa shape index (κ1) is 28.8. The maximum Gasteiger partial charge on any atom is 0.159 e. The van der Waals surface area contributed by atoms with E-state index in [4.69, 9.17) is 8.83 Å². The van der Waals surface area contributed by atoms with E-state index in [0.29, 0.717) is 0 Å². The van der Waals surface area contributed by atoms with Crippen molar-refractivity contribution in [1.29, 1.82) is 0 Å². The summed E-state index contributed by atoms with van der Waals surface area (Å²) in [5.74, 6) is 0. The molecule has 11 aromatic rings. The largest absolute Gasteiger partial charge is 0.456 e. The van der Waals surface area contributed by atoms with Crippen LogP contribution in [0.25, 0.3) is 82.5 Å². The average molecular weight is 667 g/mol. The number of rotatable bonds is 5. The molecule has 0 unspecified atom stereocenters. The van der Waals surface area contributed by atoms with Crippen LogP contribution in [0.4, 0.5) is 17.1 Å². The van der Waals surface area contributed by atoms with E-state index >= 15 is 0 Å². The highest BCUT2D eigenvalue weighted by atomic mass is 16.3. The summed E-state index contributed by atoms with van der Waals surface area (Å²) >= 11 is 0. The SMILES string of the molecule is c1ccc(-c2ccc(N(c3ccc(-n4c5ccccc5c5c6c(ccc54)oc4ccccc46)cc3)c3cccc4c3oc3ccccc34)cc2)cc1. The number of benzene rings is 8. The van der Waals surface area contributed by atoms with Gasteiger partial charge >= 0.3 is 0 Å². The van der Waals surface area contributed by atoms with Gasteiger partial charge in [0.05, 0.1) is 16.7 Å². The Hall–Kier alpha value is -7.04. The molecule has 0 saturated heterocycles. The monoisotopic (exact) mass is 666 g/mol. The normalized spacial score (nSPS) is 11.8. The number of para-hydroxylation sites is 4. The van der Waals surface area contributed by atoms with Gasteiger partial charge in [-0.05, 0) is 83.9 Å². The Balaban J connectivity index is 1.10. The van der Waals surface area contributed by atoms with Crippen LogP contribution in [0.1, 0.15) is 0 Å². The number of hydrogen-bond donors (Lipinski definition) is 0. The first-order valence-corrected chi connectivity index (χ1v) is 17.6. The molecule has 11 rings (SSSR count). The summed E-state index contributed by atoms with van der Waals surface area (Å²) in [6.07, 6.45) is 0. The minimum Gasteiger partial charge on any atom is -0.456 e. The van der Waals surface area contributed by atoms with E-state index in [1.165, 1.54) is 21.9 Å². The van der Waals surface area contributed by atoms with Gasteiger partial charge in [-0.15, -0.1) is 0 Å². The summed E-state index contributed by atoms with van der Waals surface area (Å²) in [7, 11) is 0. The second kappa shape index (κ2) is 11.2. The number of aromatic nitrogens is 1. The summed E-state index contributed by atoms with van der Waals surface area (Å²) in [5, 5.41) is 6.91. The van der Waals surface area contributed by atoms with Crippen molar-refractivity contribution in [1.82, 2.24) is 4.57 Å². The van der Waals surface area contributed by atoms with Crippen LogP contribution in [-0.4, -0.2) is 4.57 Å². The summed E-state index contributed by atoms with van der Waals surface area (Å²) in [6.45, 7) is 0. The van der Waals surface area contributed by atoms with Crippen molar-refractivity contribution in [3.8, 4) is 16.8 Å². The molecule has 0 amide bonds. The molecule has 3 heterocycles. The smallest absolute Gasteiger partial charge is 0.159 e. The first-order chi connectivity index (χ1) is 25.8. The lowest BCUT2D eigenvalue weighted by Gasteiger charge is -2.26. The van der Waals surface area contributed by atoms with E-state index in [0.717, 1.165) is 77.7 Å². The Kier molecular flexibility index (Phi) is 6.22. The average Bonchev–Trinajstić information content (AvgIpc) is 3.89. The van der Waals surface area contributed by atoms with Gasteiger partial charge in [0.25, 0.3) is 0 Å². The summed E-state index contributed by atoms with van der Waals surface area (Å²) < 4.78 is 15.3. The number of anilines is 3.